The van der Waals surface area contributed by atoms with Gasteiger partial charge in [-0.05, 0) is 48.9 Å². The van der Waals surface area contributed by atoms with Crippen LogP contribution in [0.1, 0.15) is 32.3 Å². The van der Waals surface area contributed by atoms with Crippen LogP contribution < -0.4 is 4.90 Å². The SMILES string of the molecule is CCC(O)(CCc1ccccc1)C(C)CN1CCN(c2cccc(Cl)c2)CC1. The summed E-state index contributed by atoms with van der Waals surface area (Å²) >= 11 is 6.14. The van der Waals surface area contributed by atoms with E-state index in [1.54, 1.807) is 0 Å². The molecule has 1 aliphatic heterocycles. The molecule has 1 heterocycles. The number of hydrogen-bond acceptors (Lipinski definition) is 3. The molecule has 0 aromatic heterocycles. The monoisotopic (exact) mass is 400 g/mol. The van der Waals surface area contributed by atoms with Crippen molar-refractivity contribution in [2.75, 3.05) is 37.6 Å². The van der Waals surface area contributed by atoms with Gasteiger partial charge in [-0.15, -0.1) is 0 Å². The molecule has 2 atom stereocenters. The molecule has 2 aromatic rings. The topological polar surface area (TPSA) is 26.7 Å². The summed E-state index contributed by atoms with van der Waals surface area (Å²) in [6.07, 6.45) is 2.54. The van der Waals surface area contributed by atoms with Gasteiger partial charge in [-0.25, -0.2) is 0 Å². The van der Waals surface area contributed by atoms with Crippen LogP contribution >= 0.6 is 11.6 Å². The number of piperazine rings is 1. The van der Waals surface area contributed by atoms with Crippen molar-refractivity contribution in [1.29, 1.82) is 0 Å². The Hall–Kier alpha value is -1.55. The Morgan fingerprint density at radius 1 is 1.04 bits per heavy atom. The van der Waals surface area contributed by atoms with Gasteiger partial charge in [0.25, 0.3) is 0 Å². The summed E-state index contributed by atoms with van der Waals surface area (Å²) in [5.74, 6) is 0.249. The van der Waals surface area contributed by atoms with Crippen LogP contribution in [0.15, 0.2) is 54.6 Å². The fourth-order valence-corrected chi connectivity index (χ4v) is 4.38. The van der Waals surface area contributed by atoms with E-state index in [9.17, 15) is 5.11 Å². The molecule has 3 rings (SSSR count). The minimum absolute atomic E-state index is 0.249. The summed E-state index contributed by atoms with van der Waals surface area (Å²) in [6.45, 7) is 9.31. The highest BCUT2D eigenvalue weighted by atomic mass is 35.5. The van der Waals surface area contributed by atoms with Crippen LogP contribution in [0.25, 0.3) is 0 Å². The molecule has 0 amide bonds. The quantitative estimate of drug-likeness (QED) is 0.684. The smallest absolute Gasteiger partial charge is 0.0685 e. The number of anilines is 1. The van der Waals surface area contributed by atoms with Crippen LogP contribution in [0.4, 0.5) is 5.69 Å². The predicted molar refractivity (Wildman–Crippen MR) is 119 cm³/mol. The second-order valence-corrected chi connectivity index (χ2v) is 8.55. The van der Waals surface area contributed by atoms with Crippen molar-refractivity contribution in [3.63, 3.8) is 0 Å². The van der Waals surface area contributed by atoms with Crippen LogP contribution in [0.3, 0.4) is 0 Å². The zero-order valence-electron chi connectivity index (χ0n) is 17.1. The average Bonchev–Trinajstić information content (AvgIpc) is 2.73. The molecule has 4 heteroatoms. The van der Waals surface area contributed by atoms with Crippen LogP contribution in [0.2, 0.25) is 5.02 Å². The van der Waals surface area contributed by atoms with Crippen molar-refractivity contribution in [3.8, 4) is 0 Å². The fourth-order valence-electron chi connectivity index (χ4n) is 4.20. The molecule has 1 fully saturated rings. The van der Waals surface area contributed by atoms with Gasteiger partial charge < -0.3 is 10.0 Å². The van der Waals surface area contributed by atoms with Gasteiger partial charge in [0.15, 0.2) is 0 Å². The largest absolute Gasteiger partial charge is 0.390 e. The second-order valence-electron chi connectivity index (χ2n) is 8.11. The van der Waals surface area contributed by atoms with Gasteiger partial charge in [0.2, 0.25) is 0 Å². The summed E-state index contributed by atoms with van der Waals surface area (Å²) < 4.78 is 0. The van der Waals surface area contributed by atoms with Crippen molar-refractivity contribution in [1.82, 2.24) is 4.90 Å². The molecule has 2 unspecified atom stereocenters. The molecule has 2 aromatic carbocycles. The molecule has 0 radical (unpaired) electrons. The van der Waals surface area contributed by atoms with E-state index < -0.39 is 5.60 Å². The standard InChI is InChI=1S/C24H33ClN2O/c1-3-24(28,13-12-21-8-5-4-6-9-21)20(2)19-26-14-16-27(17-15-26)23-11-7-10-22(25)18-23/h4-11,18,20,28H,3,12-17,19H2,1-2H3. The van der Waals surface area contributed by atoms with Gasteiger partial charge in [0.1, 0.15) is 0 Å². The average molecular weight is 401 g/mol. The number of aliphatic hydroxyl groups is 1. The molecular formula is C24H33ClN2O. The Morgan fingerprint density at radius 2 is 1.75 bits per heavy atom. The Kier molecular flexibility index (Phi) is 7.39. The lowest BCUT2D eigenvalue weighted by molar-refractivity contribution is -0.0351. The van der Waals surface area contributed by atoms with Crippen LogP contribution in [0, 0.1) is 5.92 Å². The maximum absolute atomic E-state index is 11.3. The van der Waals surface area contributed by atoms with Gasteiger partial charge >= 0.3 is 0 Å². The molecule has 28 heavy (non-hydrogen) atoms. The molecule has 0 bridgehead atoms. The number of aryl methyl sites for hydroxylation is 1. The minimum Gasteiger partial charge on any atom is -0.390 e. The molecule has 1 saturated heterocycles. The molecule has 0 aliphatic carbocycles. The van der Waals surface area contributed by atoms with E-state index in [1.165, 1.54) is 11.3 Å². The summed E-state index contributed by atoms with van der Waals surface area (Å²) in [7, 11) is 0. The molecule has 1 aliphatic rings. The Balaban J connectivity index is 1.51. The lowest BCUT2D eigenvalue weighted by Gasteiger charge is -2.41. The lowest BCUT2D eigenvalue weighted by Crippen LogP contribution is -2.50. The van der Waals surface area contributed by atoms with Gasteiger partial charge in [-0.2, -0.15) is 0 Å². The summed E-state index contributed by atoms with van der Waals surface area (Å²) in [5, 5.41) is 12.1. The van der Waals surface area contributed by atoms with Crippen molar-refractivity contribution >= 4 is 17.3 Å². The van der Waals surface area contributed by atoms with Gasteiger partial charge in [0.05, 0.1) is 5.60 Å². The number of benzene rings is 2. The third-order valence-corrected chi connectivity index (χ3v) is 6.53. The third-order valence-electron chi connectivity index (χ3n) is 6.30. The lowest BCUT2D eigenvalue weighted by atomic mass is 9.81. The first-order chi connectivity index (χ1) is 13.5. The van der Waals surface area contributed by atoms with E-state index in [0.717, 1.165) is 57.0 Å². The minimum atomic E-state index is -0.611. The van der Waals surface area contributed by atoms with Gasteiger partial charge in [-0.1, -0.05) is 61.8 Å². The van der Waals surface area contributed by atoms with E-state index in [0.29, 0.717) is 0 Å². The van der Waals surface area contributed by atoms with E-state index in [-0.39, 0.29) is 5.92 Å². The molecule has 3 nitrogen and oxygen atoms in total. The Labute approximate surface area is 174 Å². The molecule has 0 spiro atoms. The fraction of sp³-hybridized carbons (Fsp3) is 0.500. The second kappa shape index (κ2) is 9.78. The number of nitrogens with zero attached hydrogens (tertiary/aromatic N) is 2. The highest BCUT2D eigenvalue weighted by molar-refractivity contribution is 6.30. The normalized spacial score (nSPS) is 18.6. The van der Waals surface area contributed by atoms with E-state index in [4.69, 9.17) is 11.6 Å². The third kappa shape index (κ3) is 5.50. The predicted octanol–water partition coefficient (Wildman–Crippen LogP) is 4.87. The summed E-state index contributed by atoms with van der Waals surface area (Å²) in [5.41, 5.74) is 1.89. The molecule has 152 valence electrons. The number of hydrogen-bond donors (Lipinski definition) is 1. The maximum atomic E-state index is 11.3. The van der Waals surface area contributed by atoms with Crippen LogP contribution in [-0.2, 0) is 6.42 Å². The highest BCUT2D eigenvalue weighted by Crippen LogP contribution is 2.29. The molecule has 1 N–H and O–H groups in total. The van der Waals surface area contributed by atoms with Crippen molar-refractivity contribution in [3.05, 3.63) is 65.2 Å². The summed E-state index contributed by atoms with van der Waals surface area (Å²) in [4.78, 5) is 4.89. The van der Waals surface area contributed by atoms with E-state index in [1.807, 2.05) is 24.3 Å². The molecular weight excluding hydrogens is 368 g/mol. The highest BCUT2D eigenvalue weighted by Gasteiger charge is 2.33. The van der Waals surface area contributed by atoms with E-state index in [2.05, 4.69) is 54.0 Å². The first kappa shape index (κ1) is 21.2. The van der Waals surface area contributed by atoms with Crippen molar-refractivity contribution in [2.24, 2.45) is 5.92 Å². The maximum Gasteiger partial charge on any atom is 0.0685 e. The van der Waals surface area contributed by atoms with Gasteiger partial charge in [-0.3, -0.25) is 4.90 Å². The first-order valence-corrected chi connectivity index (χ1v) is 10.9. The van der Waals surface area contributed by atoms with Crippen LogP contribution in [0.5, 0.6) is 0 Å². The number of halogens is 1. The van der Waals surface area contributed by atoms with Gasteiger partial charge in [0, 0.05) is 43.4 Å². The zero-order valence-corrected chi connectivity index (χ0v) is 17.9. The summed E-state index contributed by atoms with van der Waals surface area (Å²) in [6, 6.07) is 18.6. The Bertz CT molecular complexity index is 730. The Morgan fingerprint density at radius 3 is 2.39 bits per heavy atom. The first-order valence-electron chi connectivity index (χ1n) is 10.5. The number of rotatable bonds is 8. The van der Waals surface area contributed by atoms with E-state index >= 15 is 0 Å². The van der Waals surface area contributed by atoms with Crippen LogP contribution in [-0.4, -0.2) is 48.3 Å². The zero-order chi connectivity index (χ0) is 20.0. The van der Waals surface area contributed by atoms with Crippen molar-refractivity contribution < 1.29 is 5.11 Å². The molecule has 0 saturated carbocycles. The van der Waals surface area contributed by atoms with Crippen molar-refractivity contribution in [2.45, 2.75) is 38.7 Å².